The Kier molecular flexibility index (Phi) is 4.39. The van der Waals surface area contributed by atoms with Gasteiger partial charge in [0.2, 0.25) is 10.0 Å². The van der Waals surface area contributed by atoms with E-state index in [1.165, 1.54) is 5.56 Å². The Balaban J connectivity index is 1.99. The summed E-state index contributed by atoms with van der Waals surface area (Å²) in [5.41, 5.74) is 2.25. The smallest absolute Gasteiger partial charge is 0.207 e. The summed E-state index contributed by atoms with van der Waals surface area (Å²) in [7, 11) is -3.49. The molecule has 0 spiro atoms. The van der Waals surface area contributed by atoms with Crippen molar-refractivity contribution in [2.45, 2.75) is 30.7 Å². The highest BCUT2D eigenvalue weighted by atomic mass is 79.9. The molecule has 0 aromatic heterocycles. The average Bonchev–Trinajstić information content (AvgIpc) is 2.98. The molecule has 0 N–H and O–H groups in total. The molecule has 0 aliphatic carbocycles. The molecule has 1 fully saturated rings. The van der Waals surface area contributed by atoms with Gasteiger partial charge < -0.3 is 0 Å². The van der Waals surface area contributed by atoms with Crippen molar-refractivity contribution in [3.05, 3.63) is 64.1 Å². The molecule has 116 valence electrons. The van der Waals surface area contributed by atoms with Gasteiger partial charge in [-0.1, -0.05) is 42.0 Å². The molecule has 1 saturated heterocycles. The molecule has 0 saturated carbocycles. The van der Waals surface area contributed by atoms with Crippen molar-refractivity contribution < 1.29 is 8.42 Å². The number of hydrogen-bond donors (Lipinski definition) is 0. The van der Waals surface area contributed by atoms with Gasteiger partial charge >= 0.3 is 0 Å². The maximum atomic E-state index is 13.0. The normalized spacial score (nSPS) is 19.5. The SMILES string of the molecule is Cc1ccc([C@H]2CCCN2S(=O)(=O)c2ccccc2Br)cc1. The molecule has 2 aromatic carbocycles. The summed E-state index contributed by atoms with van der Waals surface area (Å²) >= 11 is 3.36. The zero-order valence-corrected chi connectivity index (χ0v) is 14.8. The molecule has 1 aliphatic heterocycles. The van der Waals surface area contributed by atoms with Crippen LogP contribution in [-0.2, 0) is 10.0 Å². The first-order valence-electron chi connectivity index (χ1n) is 7.33. The molecule has 1 aliphatic rings. The minimum Gasteiger partial charge on any atom is -0.207 e. The van der Waals surface area contributed by atoms with Gasteiger partial charge in [0.1, 0.15) is 0 Å². The summed E-state index contributed by atoms with van der Waals surface area (Å²) in [6, 6.07) is 15.1. The lowest BCUT2D eigenvalue weighted by atomic mass is 10.0. The number of rotatable bonds is 3. The summed E-state index contributed by atoms with van der Waals surface area (Å²) < 4.78 is 28.3. The van der Waals surface area contributed by atoms with Crippen molar-refractivity contribution in [1.29, 1.82) is 0 Å². The molecule has 2 aromatic rings. The number of benzene rings is 2. The van der Waals surface area contributed by atoms with Crippen molar-refractivity contribution in [1.82, 2.24) is 4.31 Å². The maximum absolute atomic E-state index is 13.0. The summed E-state index contributed by atoms with van der Waals surface area (Å²) in [6.45, 7) is 2.61. The van der Waals surface area contributed by atoms with Crippen LogP contribution in [0.2, 0.25) is 0 Å². The monoisotopic (exact) mass is 379 g/mol. The van der Waals surface area contributed by atoms with Crippen LogP contribution in [0, 0.1) is 6.92 Å². The standard InChI is InChI=1S/C17H18BrNO2S/c1-13-8-10-14(11-9-13)16-6-4-12-19(16)22(20,21)17-7-3-2-5-15(17)18/h2-3,5,7-11,16H,4,6,12H2,1H3/t16-/m1/s1. The van der Waals surface area contributed by atoms with Crippen LogP contribution in [0.5, 0.6) is 0 Å². The third-order valence-electron chi connectivity index (χ3n) is 4.09. The van der Waals surface area contributed by atoms with E-state index in [1.54, 1.807) is 22.5 Å². The molecule has 1 heterocycles. The molecule has 0 amide bonds. The first-order chi connectivity index (χ1) is 10.5. The maximum Gasteiger partial charge on any atom is 0.244 e. The van der Waals surface area contributed by atoms with Gasteiger partial charge in [-0.15, -0.1) is 0 Å². The highest BCUT2D eigenvalue weighted by Gasteiger charge is 2.36. The van der Waals surface area contributed by atoms with Gasteiger partial charge in [-0.25, -0.2) is 8.42 Å². The topological polar surface area (TPSA) is 37.4 Å². The number of nitrogens with zero attached hydrogens (tertiary/aromatic N) is 1. The predicted molar refractivity (Wildman–Crippen MR) is 91.2 cm³/mol. The molecule has 22 heavy (non-hydrogen) atoms. The highest BCUT2D eigenvalue weighted by molar-refractivity contribution is 9.10. The number of hydrogen-bond acceptors (Lipinski definition) is 2. The van der Waals surface area contributed by atoms with Gasteiger partial charge in [-0.2, -0.15) is 4.31 Å². The van der Waals surface area contributed by atoms with E-state index in [0.29, 0.717) is 15.9 Å². The van der Waals surface area contributed by atoms with E-state index in [2.05, 4.69) is 15.9 Å². The Labute approximate surface area is 140 Å². The van der Waals surface area contributed by atoms with Crippen LogP contribution in [0.3, 0.4) is 0 Å². The van der Waals surface area contributed by atoms with Crippen LogP contribution in [-0.4, -0.2) is 19.3 Å². The van der Waals surface area contributed by atoms with Crippen LogP contribution < -0.4 is 0 Å². The van der Waals surface area contributed by atoms with Gasteiger partial charge in [0, 0.05) is 11.0 Å². The van der Waals surface area contributed by atoms with Crippen LogP contribution in [0.1, 0.15) is 30.0 Å². The Morgan fingerprint density at radius 1 is 1.09 bits per heavy atom. The van der Waals surface area contributed by atoms with Crippen molar-refractivity contribution >= 4 is 26.0 Å². The van der Waals surface area contributed by atoms with E-state index in [4.69, 9.17) is 0 Å². The fraction of sp³-hybridized carbons (Fsp3) is 0.294. The van der Waals surface area contributed by atoms with Gasteiger partial charge in [-0.3, -0.25) is 0 Å². The second kappa shape index (κ2) is 6.14. The predicted octanol–water partition coefficient (Wildman–Crippen LogP) is 4.28. The number of aryl methyl sites for hydroxylation is 1. The molecular weight excluding hydrogens is 362 g/mol. The second-order valence-electron chi connectivity index (χ2n) is 5.61. The molecular formula is C17H18BrNO2S. The minimum atomic E-state index is -3.49. The fourth-order valence-corrected chi connectivity index (χ4v) is 5.58. The molecule has 5 heteroatoms. The lowest BCUT2D eigenvalue weighted by molar-refractivity contribution is 0.396. The Hall–Kier alpha value is -1.17. The Morgan fingerprint density at radius 3 is 2.45 bits per heavy atom. The van der Waals surface area contributed by atoms with E-state index < -0.39 is 10.0 Å². The molecule has 3 nitrogen and oxygen atoms in total. The van der Waals surface area contributed by atoms with E-state index in [9.17, 15) is 8.42 Å². The van der Waals surface area contributed by atoms with Crippen molar-refractivity contribution in [3.63, 3.8) is 0 Å². The summed E-state index contributed by atoms with van der Waals surface area (Å²) in [6.07, 6.45) is 1.76. The molecule has 3 rings (SSSR count). The highest BCUT2D eigenvalue weighted by Crippen LogP contribution is 2.38. The quantitative estimate of drug-likeness (QED) is 0.797. The summed E-state index contributed by atoms with van der Waals surface area (Å²) in [5.74, 6) is 0. The van der Waals surface area contributed by atoms with E-state index in [1.807, 2.05) is 37.3 Å². The van der Waals surface area contributed by atoms with Crippen molar-refractivity contribution in [3.8, 4) is 0 Å². The van der Waals surface area contributed by atoms with E-state index in [-0.39, 0.29) is 6.04 Å². The molecule has 1 atom stereocenters. The first kappa shape index (κ1) is 15.7. The van der Waals surface area contributed by atoms with Crippen LogP contribution in [0.4, 0.5) is 0 Å². The van der Waals surface area contributed by atoms with E-state index in [0.717, 1.165) is 18.4 Å². The Bertz CT molecular complexity index is 772. The summed E-state index contributed by atoms with van der Waals surface area (Å²) in [4.78, 5) is 0.342. The average molecular weight is 380 g/mol. The Morgan fingerprint density at radius 2 is 1.77 bits per heavy atom. The first-order valence-corrected chi connectivity index (χ1v) is 9.56. The number of halogens is 1. The van der Waals surface area contributed by atoms with Crippen LogP contribution in [0.25, 0.3) is 0 Å². The zero-order chi connectivity index (χ0) is 15.7. The van der Waals surface area contributed by atoms with Gasteiger partial charge in [0.25, 0.3) is 0 Å². The second-order valence-corrected chi connectivity index (χ2v) is 8.33. The summed E-state index contributed by atoms with van der Waals surface area (Å²) in [5, 5.41) is 0. The largest absolute Gasteiger partial charge is 0.244 e. The fourth-order valence-electron chi connectivity index (χ4n) is 2.93. The third-order valence-corrected chi connectivity index (χ3v) is 7.01. The van der Waals surface area contributed by atoms with E-state index >= 15 is 0 Å². The molecule has 0 bridgehead atoms. The van der Waals surface area contributed by atoms with Gasteiger partial charge in [-0.05, 0) is 53.4 Å². The molecule has 0 radical (unpaired) electrons. The lowest BCUT2D eigenvalue weighted by Crippen LogP contribution is -2.30. The zero-order valence-electron chi connectivity index (χ0n) is 12.4. The molecule has 0 unspecified atom stereocenters. The van der Waals surface area contributed by atoms with Crippen molar-refractivity contribution in [2.75, 3.05) is 6.54 Å². The lowest BCUT2D eigenvalue weighted by Gasteiger charge is -2.25. The van der Waals surface area contributed by atoms with Gasteiger partial charge in [0.15, 0.2) is 0 Å². The third kappa shape index (κ3) is 2.85. The van der Waals surface area contributed by atoms with Crippen LogP contribution in [0.15, 0.2) is 57.9 Å². The van der Waals surface area contributed by atoms with Crippen LogP contribution >= 0.6 is 15.9 Å². The van der Waals surface area contributed by atoms with Crippen molar-refractivity contribution in [2.24, 2.45) is 0 Å². The van der Waals surface area contributed by atoms with Gasteiger partial charge in [0.05, 0.1) is 10.9 Å². The minimum absolute atomic E-state index is 0.0716. The number of sulfonamides is 1.